The number of hydrogen-bond acceptors (Lipinski definition) is 4. The molecule has 4 heteroatoms. The quantitative estimate of drug-likeness (QED) is 0.741. The zero-order chi connectivity index (χ0) is 15.0. The number of nitrogens with zero attached hydrogens (tertiary/aromatic N) is 1. The van der Waals surface area contributed by atoms with E-state index in [1.54, 1.807) is 0 Å². The van der Waals surface area contributed by atoms with Crippen molar-refractivity contribution in [2.24, 2.45) is 0 Å². The predicted molar refractivity (Wildman–Crippen MR) is 83.2 cm³/mol. The number of para-hydroxylation sites is 1. The van der Waals surface area contributed by atoms with E-state index in [4.69, 9.17) is 4.74 Å². The van der Waals surface area contributed by atoms with Crippen molar-refractivity contribution in [1.29, 1.82) is 0 Å². The topological polar surface area (TPSA) is 41.6 Å². The van der Waals surface area contributed by atoms with Gasteiger partial charge in [0.25, 0.3) is 0 Å². The SMILES string of the molecule is CCCNC(CCN(C)c1ccccc1C)C(=O)OC. The maximum atomic E-state index is 11.7. The average molecular weight is 278 g/mol. The van der Waals surface area contributed by atoms with Crippen LogP contribution in [0.4, 0.5) is 5.69 Å². The molecule has 0 radical (unpaired) electrons. The lowest BCUT2D eigenvalue weighted by Crippen LogP contribution is -2.40. The van der Waals surface area contributed by atoms with Crippen LogP contribution in [0.5, 0.6) is 0 Å². The largest absolute Gasteiger partial charge is 0.468 e. The van der Waals surface area contributed by atoms with E-state index in [9.17, 15) is 4.79 Å². The second-order valence-electron chi connectivity index (χ2n) is 5.03. The summed E-state index contributed by atoms with van der Waals surface area (Å²) in [6, 6.07) is 8.03. The minimum absolute atomic E-state index is 0.184. The summed E-state index contributed by atoms with van der Waals surface area (Å²) in [6.45, 7) is 5.81. The van der Waals surface area contributed by atoms with Crippen LogP contribution in [-0.2, 0) is 9.53 Å². The van der Waals surface area contributed by atoms with Gasteiger partial charge in [-0.15, -0.1) is 0 Å². The van der Waals surface area contributed by atoms with Gasteiger partial charge >= 0.3 is 5.97 Å². The molecule has 0 aliphatic rings. The van der Waals surface area contributed by atoms with Crippen LogP contribution in [0, 0.1) is 6.92 Å². The first-order chi connectivity index (χ1) is 9.60. The average Bonchev–Trinajstić information content (AvgIpc) is 2.46. The number of methoxy groups -OCH3 is 1. The molecule has 0 amide bonds. The number of benzene rings is 1. The van der Waals surface area contributed by atoms with E-state index >= 15 is 0 Å². The van der Waals surface area contributed by atoms with Crippen LogP contribution in [-0.4, -0.2) is 39.3 Å². The first-order valence-electron chi connectivity index (χ1n) is 7.18. The molecule has 0 aliphatic heterocycles. The maximum absolute atomic E-state index is 11.7. The van der Waals surface area contributed by atoms with Crippen LogP contribution in [0.1, 0.15) is 25.3 Å². The van der Waals surface area contributed by atoms with Gasteiger partial charge in [0, 0.05) is 19.3 Å². The Morgan fingerprint density at radius 3 is 2.70 bits per heavy atom. The van der Waals surface area contributed by atoms with Crippen LogP contribution in [0.15, 0.2) is 24.3 Å². The van der Waals surface area contributed by atoms with Gasteiger partial charge in [0.2, 0.25) is 0 Å². The Balaban J connectivity index is 2.58. The first kappa shape index (κ1) is 16.5. The monoisotopic (exact) mass is 278 g/mol. The fourth-order valence-corrected chi connectivity index (χ4v) is 2.20. The van der Waals surface area contributed by atoms with E-state index in [1.807, 2.05) is 12.1 Å². The molecule has 20 heavy (non-hydrogen) atoms. The molecule has 4 nitrogen and oxygen atoms in total. The van der Waals surface area contributed by atoms with Crippen molar-refractivity contribution in [1.82, 2.24) is 5.32 Å². The molecule has 1 atom stereocenters. The van der Waals surface area contributed by atoms with E-state index < -0.39 is 0 Å². The van der Waals surface area contributed by atoms with Gasteiger partial charge in [0.15, 0.2) is 0 Å². The van der Waals surface area contributed by atoms with Crippen molar-refractivity contribution in [3.63, 3.8) is 0 Å². The van der Waals surface area contributed by atoms with Gasteiger partial charge < -0.3 is 15.0 Å². The molecule has 0 heterocycles. The van der Waals surface area contributed by atoms with Crippen LogP contribution in [0.2, 0.25) is 0 Å². The normalized spacial score (nSPS) is 12.0. The second-order valence-corrected chi connectivity index (χ2v) is 5.03. The van der Waals surface area contributed by atoms with Crippen molar-refractivity contribution in [2.45, 2.75) is 32.7 Å². The molecule has 1 aromatic rings. The highest BCUT2D eigenvalue weighted by Crippen LogP contribution is 2.18. The summed E-state index contributed by atoms with van der Waals surface area (Å²) in [5.74, 6) is -0.184. The molecular formula is C16H26N2O2. The van der Waals surface area contributed by atoms with Gasteiger partial charge in [0.05, 0.1) is 7.11 Å². The Hall–Kier alpha value is -1.55. The number of carbonyl (C=O) groups is 1. The molecule has 0 aliphatic carbocycles. The molecular weight excluding hydrogens is 252 g/mol. The minimum Gasteiger partial charge on any atom is -0.468 e. The van der Waals surface area contributed by atoms with Crippen LogP contribution in [0.25, 0.3) is 0 Å². The zero-order valence-corrected chi connectivity index (χ0v) is 13.0. The number of ether oxygens (including phenoxy) is 1. The third kappa shape index (κ3) is 4.85. The fraction of sp³-hybridized carbons (Fsp3) is 0.562. The molecule has 1 unspecified atom stereocenters. The Morgan fingerprint density at radius 1 is 1.40 bits per heavy atom. The summed E-state index contributed by atoms with van der Waals surface area (Å²) < 4.78 is 4.85. The van der Waals surface area contributed by atoms with Crippen molar-refractivity contribution < 1.29 is 9.53 Å². The molecule has 0 saturated carbocycles. The number of carbonyl (C=O) groups excluding carboxylic acids is 1. The van der Waals surface area contributed by atoms with Gasteiger partial charge in [-0.1, -0.05) is 25.1 Å². The molecule has 0 bridgehead atoms. The molecule has 0 spiro atoms. The summed E-state index contributed by atoms with van der Waals surface area (Å²) in [7, 11) is 3.49. The standard InChI is InChI=1S/C16H26N2O2/c1-5-11-17-14(16(19)20-4)10-12-18(3)15-9-7-6-8-13(15)2/h6-9,14,17H,5,10-12H2,1-4H3. The maximum Gasteiger partial charge on any atom is 0.322 e. The Morgan fingerprint density at radius 2 is 2.10 bits per heavy atom. The lowest BCUT2D eigenvalue weighted by Gasteiger charge is -2.24. The summed E-state index contributed by atoms with van der Waals surface area (Å²) in [5.41, 5.74) is 2.44. The van der Waals surface area contributed by atoms with Gasteiger partial charge in [-0.2, -0.15) is 0 Å². The van der Waals surface area contributed by atoms with Crippen molar-refractivity contribution in [2.75, 3.05) is 32.1 Å². The van der Waals surface area contributed by atoms with E-state index in [0.29, 0.717) is 0 Å². The number of hydrogen-bond donors (Lipinski definition) is 1. The predicted octanol–water partition coefficient (Wildman–Crippen LogP) is 2.36. The van der Waals surface area contributed by atoms with Gasteiger partial charge in [0.1, 0.15) is 6.04 Å². The highest BCUT2D eigenvalue weighted by molar-refractivity contribution is 5.75. The Kier molecular flexibility index (Phi) is 7.09. The number of nitrogens with one attached hydrogen (secondary N) is 1. The Labute approximate surface area is 122 Å². The molecule has 1 rings (SSSR count). The van der Waals surface area contributed by atoms with E-state index in [2.05, 4.69) is 43.2 Å². The number of anilines is 1. The second kappa shape index (κ2) is 8.59. The smallest absolute Gasteiger partial charge is 0.322 e. The molecule has 1 aromatic carbocycles. The summed E-state index contributed by atoms with van der Waals surface area (Å²) in [6.07, 6.45) is 1.73. The van der Waals surface area contributed by atoms with Crippen molar-refractivity contribution in [3.8, 4) is 0 Å². The Bertz CT molecular complexity index is 421. The fourth-order valence-electron chi connectivity index (χ4n) is 2.20. The van der Waals surface area contributed by atoms with Gasteiger partial charge in [-0.25, -0.2) is 0 Å². The molecule has 0 aromatic heterocycles. The highest BCUT2D eigenvalue weighted by atomic mass is 16.5. The minimum atomic E-state index is -0.230. The van der Waals surface area contributed by atoms with Gasteiger partial charge in [-0.3, -0.25) is 4.79 Å². The molecule has 0 fully saturated rings. The van der Waals surface area contributed by atoms with E-state index in [1.165, 1.54) is 18.4 Å². The third-order valence-electron chi connectivity index (χ3n) is 3.41. The zero-order valence-electron chi connectivity index (χ0n) is 13.0. The van der Waals surface area contributed by atoms with Crippen molar-refractivity contribution >= 4 is 11.7 Å². The van der Waals surface area contributed by atoms with E-state index in [-0.39, 0.29) is 12.0 Å². The van der Waals surface area contributed by atoms with Crippen molar-refractivity contribution in [3.05, 3.63) is 29.8 Å². The van der Waals surface area contributed by atoms with Crippen LogP contribution >= 0.6 is 0 Å². The van der Waals surface area contributed by atoms with E-state index in [0.717, 1.165) is 25.9 Å². The van der Waals surface area contributed by atoms with Crippen LogP contribution < -0.4 is 10.2 Å². The molecule has 1 N–H and O–H groups in total. The lowest BCUT2D eigenvalue weighted by atomic mass is 10.1. The highest BCUT2D eigenvalue weighted by Gasteiger charge is 2.18. The molecule has 0 saturated heterocycles. The summed E-state index contributed by atoms with van der Waals surface area (Å²) in [4.78, 5) is 13.9. The number of rotatable bonds is 8. The number of esters is 1. The lowest BCUT2D eigenvalue weighted by molar-refractivity contribution is -0.143. The van der Waals surface area contributed by atoms with Crippen LogP contribution in [0.3, 0.4) is 0 Å². The van der Waals surface area contributed by atoms with Gasteiger partial charge in [-0.05, 0) is 37.9 Å². The number of aryl methyl sites for hydroxylation is 1. The molecule has 112 valence electrons. The summed E-state index contributed by atoms with van der Waals surface area (Å²) in [5, 5.41) is 3.24. The first-order valence-corrected chi connectivity index (χ1v) is 7.18. The summed E-state index contributed by atoms with van der Waals surface area (Å²) >= 11 is 0. The third-order valence-corrected chi connectivity index (χ3v) is 3.41.